The molecular formula is C26H22N2O4. The number of carbonyl (C=O) groups is 3. The lowest BCUT2D eigenvalue weighted by molar-refractivity contribution is -0.150. The van der Waals surface area contributed by atoms with E-state index in [9.17, 15) is 14.4 Å². The summed E-state index contributed by atoms with van der Waals surface area (Å²) in [6.07, 6.45) is 0. The monoisotopic (exact) mass is 426 g/mol. The molecule has 32 heavy (non-hydrogen) atoms. The molecular weight excluding hydrogens is 404 g/mol. The number of ether oxygens (including phenoxy) is 1. The van der Waals surface area contributed by atoms with Crippen LogP contribution in [0.25, 0.3) is 10.8 Å². The highest BCUT2D eigenvalue weighted by molar-refractivity contribution is 6.26. The third kappa shape index (κ3) is 1.77. The molecule has 6 nitrogen and oxygen atoms in total. The molecule has 0 bridgehead atoms. The molecule has 160 valence electrons. The van der Waals surface area contributed by atoms with Crippen molar-refractivity contribution in [3.8, 4) is 0 Å². The van der Waals surface area contributed by atoms with Gasteiger partial charge in [0.1, 0.15) is 11.0 Å². The van der Waals surface area contributed by atoms with E-state index in [1.807, 2.05) is 72.6 Å². The molecule has 3 atom stereocenters. The van der Waals surface area contributed by atoms with Crippen LogP contribution in [0.3, 0.4) is 0 Å². The SMILES string of the molecule is COC(=O)[C@H]1CN(C)[C@]2(C(=O)c3cccc4cccc2c34)[C@]12C(=O)N(C)c1ccccc12. The third-order valence-corrected chi connectivity index (χ3v) is 7.81. The highest BCUT2D eigenvalue weighted by atomic mass is 16.5. The predicted octanol–water partition coefficient (Wildman–Crippen LogP) is 2.88. The molecule has 0 N–H and O–H groups in total. The van der Waals surface area contributed by atoms with Gasteiger partial charge in [0.15, 0.2) is 5.78 Å². The minimum absolute atomic E-state index is 0.142. The summed E-state index contributed by atoms with van der Waals surface area (Å²) in [5.41, 5.74) is 0.0254. The molecule has 2 heterocycles. The van der Waals surface area contributed by atoms with E-state index in [1.54, 1.807) is 11.9 Å². The van der Waals surface area contributed by atoms with Crippen molar-refractivity contribution >= 4 is 34.1 Å². The number of carbonyl (C=O) groups excluding carboxylic acids is 3. The lowest BCUT2D eigenvalue weighted by Gasteiger charge is -2.44. The third-order valence-electron chi connectivity index (χ3n) is 7.81. The highest BCUT2D eigenvalue weighted by Gasteiger charge is 2.78. The number of anilines is 1. The normalized spacial score (nSPS) is 28.3. The van der Waals surface area contributed by atoms with Crippen LogP contribution in [0.5, 0.6) is 0 Å². The van der Waals surface area contributed by atoms with Gasteiger partial charge >= 0.3 is 5.97 Å². The van der Waals surface area contributed by atoms with Crippen LogP contribution in [-0.2, 0) is 25.3 Å². The quantitative estimate of drug-likeness (QED) is 0.560. The van der Waals surface area contributed by atoms with Crippen molar-refractivity contribution in [2.24, 2.45) is 5.92 Å². The molecule has 1 aliphatic carbocycles. The number of benzene rings is 3. The van der Waals surface area contributed by atoms with Crippen LogP contribution < -0.4 is 4.90 Å². The Labute approximate surface area is 185 Å². The Morgan fingerprint density at radius 1 is 0.969 bits per heavy atom. The molecule has 2 spiro atoms. The first-order valence-electron chi connectivity index (χ1n) is 10.7. The van der Waals surface area contributed by atoms with Gasteiger partial charge in [0.05, 0.1) is 13.0 Å². The minimum atomic E-state index is -1.43. The summed E-state index contributed by atoms with van der Waals surface area (Å²) in [6.45, 7) is 0.233. The Balaban J connectivity index is 1.81. The van der Waals surface area contributed by atoms with E-state index in [0.717, 1.165) is 22.0 Å². The summed E-state index contributed by atoms with van der Waals surface area (Å²) >= 11 is 0. The van der Waals surface area contributed by atoms with Crippen molar-refractivity contribution in [3.05, 3.63) is 77.4 Å². The van der Waals surface area contributed by atoms with E-state index in [-0.39, 0.29) is 18.2 Å². The van der Waals surface area contributed by atoms with Gasteiger partial charge in [-0.15, -0.1) is 0 Å². The van der Waals surface area contributed by atoms with Crippen LogP contribution in [0.1, 0.15) is 21.5 Å². The number of methoxy groups -OCH3 is 1. The van der Waals surface area contributed by atoms with Gasteiger partial charge in [0.25, 0.3) is 0 Å². The zero-order valence-electron chi connectivity index (χ0n) is 18.1. The maximum absolute atomic E-state index is 14.4. The molecule has 0 saturated carbocycles. The van der Waals surface area contributed by atoms with Crippen LogP contribution in [0.4, 0.5) is 5.69 Å². The lowest BCUT2D eigenvalue weighted by atomic mass is 9.58. The number of hydrogen-bond acceptors (Lipinski definition) is 5. The second-order valence-corrected chi connectivity index (χ2v) is 8.89. The number of Topliss-reactive ketones (excluding diaryl/α,β-unsaturated/α-hetero) is 1. The first-order chi connectivity index (χ1) is 15.4. The Morgan fingerprint density at radius 2 is 1.66 bits per heavy atom. The molecule has 3 aromatic carbocycles. The van der Waals surface area contributed by atoms with Gasteiger partial charge in [-0.3, -0.25) is 19.3 Å². The van der Waals surface area contributed by atoms with Crippen molar-refractivity contribution in [2.75, 3.05) is 32.6 Å². The number of fused-ring (bicyclic) bond motifs is 4. The first-order valence-corrected chi connectivity index (χ1v) is 10.7. The van der Waals surface area contributed by atoms with Crippen molar-refractivity contribution in [2.45, 2.75) is 11.0 Å². The van der Waals surface area contributed by atoms with Gasteiger partial charge in [-0.25, -0.2) is 0 Å². The number of rotatable bonds is 1. The average Bonchev–Trinajstić information content (AvgIpc) is 3.34. The van der Waals surface area contributed by atoms with E-state index in [2.05, 4.69) is 0 Å². The van der Waals surface area contributed by atoms with Gasteiger partial charge in [-0.2, -0.15) is 0 Å². The number of ketones is 1. The first kappa shape index (κ1) is 19.2. The number of hydrogen-bond donors (Lipinski definition) is 0. The molecule has 1 fully saturated rings. The summed E-state index contributed by atoms with van der Waals surface area (Å²) in [4.78, 5) is 45.4. The smallest absolute Gasteiger partial charge is 0.311 e. The van der Waals surface area contributed by atoms with E-state index in [0.29, 0.717) is 11.1 Å². The fourth-order valence-corrected chi connectivity index (χ4v) is 6.69. The Hall–Kier alpha value is -3.51. The molecule has 1 saturated heterocycles. The summed E-state index contributed by atoms with van der Waals surface area (Å²) in [5.74, 6) is -1.71. The van der Waals surface area contributed by atoms with E-state index in [1.165, 1.54) is 7.11 Å². The number of esters is 1. The van der Waals surface area contributed by atoms with E-state index < -0.39 is 22.8 Å². The minimum Gasteiger partial charge on any atom is -0.469 e. The lowest BCUT2D eigenvalue weighted by Crippen LogP contribution is -2.62. The number of amides is 1. The number of likely N-dealkylation sites (tertiary alicyclic amines) is 1. The predicted molar refractivity (Wildman–Crippen MR) is 120 cm³/mol. The molecule has 3 aromatic rings. The highest BCUT2D eigenvalue weighted by Crippen LogP contribution is 2.65. The molecule has 2 aliphatic heterocycles. The summed E-state index contributed by atoms with van der Waals surface area (Å²) < 4.78 is 5.21. The molecule has 1 amide bonds. The van der Waals surface area contributed by atoms with Crippen molar-refractivity contribution < 1.29 is 19.1 Å². The second-order valence-electron chi connectivity index (χ2n) is 8.89. The number of nitrogens with zero attached hydrogens (tertiary/aromatic N) is 2. The summed E-state index contributed by atoms with van der Waals surface area (Å²) in [7, 11) is 4.88. The molecule has 6 rings (SSSR count). The zero-order valence-corrected chi connectivity index (χ0v) is 18.1. The maximum Gasteiger partial charge on any atom is 0.311 e. The van der Waals surface area contributed by atoms with Gasteiger partial charge in [0, 0.05) is 24.8 Å². The van der Waals surface area contributed by atoms with Crippen LogP contribution >= 0.6 is 0 Å². The Morgan fingerprint density at radius 3 is 2.41 bits per heavy atom. The van der Waals surface area contributed by atoms with Gasteiger partial charge in [-0.1, -0.05) is 54.6 Å². The van der Waals surface area contributed by atoms with Gasteiger partial charge in [-0.05, 0) is 35.0 Å². The van der Waals surface area contributed by atoms with Crippen molar-refractivity contribution in [1.82, 2.24) is 4.90 Å². The van der Waals surface area contributed by atoms with Crippen LogP contribution in [-0.4, -0.2) is 50.3 Å². The van der Waals surface area contributed by atoms with Crippen LogP contribution in [0.2, 0.25) is 0 Å². The molecule has 0 unspecified atom stereocenters. The number of para-hydroxylation sites is 1. The average molecular weight is 426 g/mol. The maximum atomic E-state index is 14.4. The fraction of sp³-hybridized carbons (Fsp3) is 0.269. The topological polar surface area (TPSA) is 66.9 Å². The Kier molecular flexibility index (Phi) is 3.63. The van der Waals surface area contributed by atoms with E-state index >= 15 is 0 Å². The van der Waals surface area contributed by atoms with Crippen molar-refractivity contribution in [1.29, 1.82) is 0 Å². The van der Waals surface area contributed by atoms with Crippen molar-refractivity contribution in [3.63, 3.8) is 0 Å². The van der Waals surface area contributed by atoms with Gasteiger partial charge < -0.3 is 9.64 Å². The Bertz CT molecular complexity index is 1360. The molecule has 0 aromatic heterocycles. The zero-order chi connectivity index (χ0) is 22.4. The van der Waals surface area contributed by atoms with Crippen LogP contribution in [0.15, 0.2) is 60.7 Å². The standard InChI is InChI=1S/C26H22N2O4/c1-27-14-19(23(30)32-3)25(17-11-4-5-13-20(17)28(2)24(25)31)26(27)18-12-7-9-15-8-6-10-16(21(15)18)22(26)29/h4-13,19H,14H2,1-3H3/t19-,25+,26-/m1/s1. The largest absolute Gasteiger partial charge is 0.469 e. The fourth-order valence-electron chi connectivity index (χ4n) is 6.69. The summed E-state index contributed by atoms with van der Waals surface area (Å²) in [5, 5.41) is 1.80. The van der Waals surface area contributed by atoms with Crippen LogP contribution in [0, 0.1) is 5.92 Å². The summed E-state index contributed by atoms with van der Waals surface area (Å²) in [6, 6.07) is 19.0. The molecule has 3 aliphatic rings. The van der Waals surface area contributed by atoms with Gasteiger partial charge in [0.2, 0.25) is 5.91 Å². The van der Waals surface area contributed by atoms with E-state index in [4.69, 9.17) is 4.74 Å². The second kappa shape index (κ2) is 6.04. The molecule has 6 heteroatoms. The molecule has 0 radical (unpaired) electrons. The number of likely N-dealkylation sites (N-methyl/N-ethyl adjacent to an activating group) is 2.